The minimum absolute atomic E-state index is 0.0130. The lowest BCUT2D eigenvalue weighted by atomic mass is 10.1. The lowest BCUT2D eigenvalue weighted by Gasteiger charge is -2.25. The smallest absolute Gasteiger partial charge is 0.270 e. The number of piperazine rings is 1. The van der Waals surface area contributed by atoms with Crippen LogP contribution in [0.5, 0.6) is 0 Å². The molecule has 0 aliphatic carbocycles. The van der Waals surface area contributed by atoms with Gasteiger partial charge in [0.15, 0.2) is 0 Å². The fourth-order valence-corrected chi connectivity index (χ4v) is 1.94. The summed E-state index contributed by atoms with van der Waals surface area (Å²) >= 11 is 5.83. The third kappa shape index (κ3) is 2.75. The van der Waals surface area contributed by atoms with Gasteiger partial charge in [-0.05, 0) is 6.07 Å². The predicted octanol–water partition coefficient (Wildman–Crippen LogP) is 0.347. The molecule has 0 aromatic heterocycles. The summed E-state index contributed by atoms with van der Waals surface area (Å²) in [6.45, 7) is -0.604. The van der Waals surface area contributed by atoms with E-state index in [4.69, 9.17) is 11.6 Å². The van der Waals surface area contributed by atoms with Gasteiger partial charge in [-0.2, -0.15) is 0 Å². The van der Waals surface area contributed by atoms with Crippen molar-refractivity contribution in [3.8, 4) is 0 Å². The number of halogens is 1. The monoisotopic (exact) mass is 297 g/mol. The van der Waals surface area contributed by atoms with Crippen molar-refractivity contribution < 1.29 is 19.3 Å². The van der Waals surface area contributed by atoms with Gasteiger partial charge in [-0.1, -0.05) is 11.6 Å². The number of amides is 3. The molecule has 0 bridgehead atoms. The highest BCUT2D eigenvalue weighted by molar-refractivity contribution is 6.34. The minimum Gasteiger partial charge on any atom is -0.320 e. The molecule has 1 saturated heterocycles. The Morgan fingerprint density at radius 2 is 1.90 bits per heavy atom. The van der Waals surface area contributed by atoms with Gasteiger partial charge in [-0.3, -0.25) is 29.8 Å². The maximum atomic E-state index is 12.2. The van der Waals surface area contributed by atoms with Crippen molar-refractivity contribution in [2.75, 3.05) is 13.1 Å². The first-order chi connectivity index (χ1) is 9.38. The Bertz CT molecular complexity index is 614. The highest BCUT2D eigenvalue weighted by Crippen LogP contribution is 2.23. The van der Waals surface area contributed by atoms with E-state index >= 15 is 0 Å². The number of rotatable bonds is 2. The lowest BCUT2D eigenvalue weighted by molar-refractivity contribution is -0.384. The summed E-state index contributed by atoms with van der Waals surface area (Å²) in [5.41, 5.74) is -0.422. The van der Waals surface area contributed by atoms with Crippen LogP contribution in [0.3, 0.4) is 0 Å². The van der Waals surface area contributed by atoms with Gasteiger partial charge >= 0.3 is 0 Å². The van der Waals surface area contributed by atoms with Gasteiger partial charge in [0.25, 0.3) is 11.6 Å². The Morgan fingerprint density at radius 3 is 2.45 bits per heavy atom. The Hall–Kier alpha value is -2.48. The van der Waals surface area contributed by atoms with Crippen LogP contribution in [-0.4, -0.2) is 40.6 Å². The molecule has 2 rings (SSSR count). The van der Waals surface area contributed by atoms with Crippen molar-refractivity contribution in [3.05, 3.63) is 38.9 Å². The zero-order chi connectivity index (χ0) is 14.9. The second-order valence-corrected chi connectivity index (χ2v) is 4.46. The number of imide groups is 1. The number of nitrogens with zero attached hydrogens (tertiary/aromatic N) is 2. The summed E-state index contributed by atoms with van der Waals surface area (Å²) in [6, 6.07) is 3.40. The summed E-state index contributed by atoms with van der Waals surface area (Å²) < 4.78 is 0. The van der Waals surface area contributed by atoms with Crippen LogP contribution >= 0.6 is 11.6 Å². The molecule has 1 aromatic carbocycles. The van der Waals surface area contributed by atoms with Crippen LogP contribution in [0.2, 0.25) is 5.02 Å². The number of benzene rings is 1. The van der Waals surface area contributed by atoms with E-state index in [0.29, 0.717) is 0 Å². The van der Waals surface area contributed by atoms with E-state index in [9.17, 15) is 24.5 Å². The van der Waals surface area contributed by atoms with Gasteiger partial charge in [0, 0.05) is 12.1 Å². The van der Waals surface area contributed by atoms with Crippen LogP contribution in [0.4, 0.5) is 5.69 Å². The molecule has 1 heterocycles. The Morgan fingerprint density at radius 1 is 1.30 bits per heavy atom. The maximum absolute atomic E-state index is 12.2. The number of nitro groups is 1. The van der Waals surface area contributed by atoms with Gasteiger partial charge in [0.2, 0.25) is 11.8 Å². The first-order valence-electron chi connectivity index (χ1n) is 5.44. The molecule has 0 saturated carbocycles. The molecule has 0 radical (unpaired) electrons. The molecule has 0 spiro atoms. The highest BCUT2D eigenvalue weighted by Gasteiger charge is 2.29. The first-order valence-corrected chi connectivity index (χ1v) is 5.82. The summed E-state index contributed by atoms with van der Waals surface area (Å²) in [6.07, 6.45) is 0. The molecule has 3 amide bonds. The van der Waals surface area contributed by atoms with E-state index in [0.717, 1.165) is 17.0 Å². The number of hydrogen-bond donors (Lipinski definition) is 1. The minimum atomic E-state index is -0.707. The number of nitrogens with one attached hydrogen (secondary N) is 1. The standard InChI is InChI=1S/C11H8ClN3O5/c12-8-2-1-6(15(19)20)3-7(8)11(18)14-4-9(16)13-10(17)5-14/h1-3H,4-5H2,(H,13,16,17). The summed E-state index contributed by atoms with van der Waals surface area (Å²) in [4.78, 5) is 45.6. The Labute approximate surface area is 117 Å². The fraction of sp³-hybridized carbons (Fsp3) is 0.182. The van der Waals surface area contributed by atoms with Crippen LogP contribution < -0.4 is 5.32 Å². The van der Waals surface area contributed by atoms with E-state index < -0.39 is 22.6 Å². The van der Waals surface area contributed by atoms with Gasteiger partial charge in [0.05, 0.1) is 15.5 Å². The Balaban J connectivity index is 2.33. The zero-order valence-corrected chi connectivity index (χ0v) is 10.7. The number of carbonyl (C=O) groups excluding carboxylic acids is 3. The SMILES string of the molecule is O=C1CN(C(=O)c2cc([N+](=O)[O-])ccc2Cl)CC(=O)N1. The molecular weight excluding hydrogens is 290 g/mol. The van der Waals surface area contributed by atoms with Crippen molar-refractivity contribution in [3.63, 3.8) is 0 Å². The molecule has 0 unspecified atom stereocenters. The van der Waals surface area contributed by atoms with Gasteiger partial charge in [0.1, 0.15) is 13.1 Å². The highest BCUT2D eigenvalue weighted by atomic mass is 35.5. The maximum Gasteiger partial charge on any atom is 0.270 e. The molecule has 1 aliphatic heterocycles. The molecule has 20 heavy (non-hydrogen) atoms. The fourth-order valence-electron chi connectivity index (χ4n) is 1.74. The summed E-state index contributed by atoms with van der Waals surface area (Å²) in [5, 5.41) is 12.7. The molecule has 0 atom stereocenters. The number of nitro benzene ring substituents is 1. The predicted molar refractivity (Wildman–Crippen MR) is 67.2 cm³/mol. The van der Waals surface area contributed by atoms with Crippen LogP contribution in [0.25, 0.3) is 0 Å². The molecule has 8 nitrogen and oxygen atoms in total. The summed E-state index contributed by atoms with van der Waals surface area (Å²) in [5.74, 6) is -1.94. The van der Waals surface area contributed by atoms with Gasteiger partial charge < -0.3 is 4.90 Å². The molecule has 104 valence electrons. The second kappa shape index (κ2) is 5.25. The quantitative estimate of drug-likeness (QED) is 0.481. The average molecular weight is 298 g/mol. The van der Waals surface area contributed by atoms with Crippen LogP contribution in [0, 0.1) is 10.1 Å². The van der Waals surface area contributed by atoms with Crippen molar-refractivity contribution in [1.82, 2.24) is 10.2 Å². The largest absolute Gasteiger partial charge is 0.320 e. The van der Waals surface area contributed by atoms with E-state index in [1.54, 1.807) is 0 Å². The van der Waals surface area contributed by atoms with Gasteiger partial charge in [-0.15, -0.1) is 0 Å². The van der Waals surface area contributed by atoms with Crippen molar-refractivity contribution >= 4 is 35.0 Å². The third-order valence-corrected chi connectivity index (χ3v) is 2.96. The Kier molecular flexibility index (Phi) is 3.66. The van der Waals surface area contributed by atoms with E-state index in [-0.39, 0.29) is 29.4 Å². The summed E-state index contributed by atoms with van der Waals surface area (Å²) in [7, 11) is 0. The van der Waals surface area contributed by atoms with Gasteiger partial charge in [-0.25, -0.2) is 0 Å². The molecule has 1 fully saturated rings. The van der Waals surface area contributed by atoms with E-state index in [1.165, 1.54) is 6.07 Å². The van der Waals surface area contributed by atoms with E-state index in [1.807, 2.05) is 5.32 Å². The number of hydrogen-bond acceptors (Lipinski definition) is 5. The first kappa shape index (κ1) is 13.9. The van der Waals surface area contributed by atoms with Crippen molar-refractivity contribution in [2.24, 2.45) is 0 Å². The van der Waals surface area contributed by atoms with Crippen molar-refractivity contribution in [2.45, 2.75) is 0 Å². The molecule has 9 heteroatoms. The van der Waals surface area contributed by atoms with Crippen molar-refractivity contribution in [1.29, 1.82) is 0 Å². The molecule has 1 aromatic rings. The van der Waals surface area contributed by atoms with E-state index in [2.05, 4.69) is 0 Å². The second-order valence-electron chi connectivity index (χ2n) is 4.05. The normalized spacial score (nSPS) is 14.9. The molecule has 1 aliphatic rings. The lowest BCUT2D eigenvalue weighted by Crippen LogP contribution is -2.53. The average Bonchev–Trinajstić information content (AvgIpc) is 2.37. The van der Waals surface area contributed by atoms with Crippen LogP contribution in [0.15, 0.2) is 18.2 Å². The topological polar surface area (TPSA) is 110 Å². The number of carbonyl (C=O) groups is 3. The molecule has 1 N–H and O–H groups in total. The molecular formula is C11H8ClN3O5. The zero-order valence-electron chi connectivity index (χ0n) is 9.96. The number of non-ortho nitro benzene ring substituents is 1. The third-order valence-electron chi connectivity index (χ3n) is 2.63. The van der Waals surface area contributed by atoms with Crippen LogP contribution in [-0.2, 0) is 9.59 Å². The van der Waals surface area contributed by atoms with Crippen LogP contribution in [0.1, 0.15) is 10.4 Å².